The quantitative estimate of drug-likeness (QED) is 0.917. The highest BCUT2D eigenvalue weighted by molar-refractivity contribution is 7.89. The molecule has 3 rings (SSSR count). The second-order valence-electron chi connectivity index (χ2n) is 5.66. The molecule has 0 bridgehead atoms. The van der Waals surface area contributed by atoms with Gasteiger partial charge < -0.3 is 5.11 Å². The molecular formula is C16H18FNO3S2. The van der Waals surface area contributed by atoms with Crippen molar-refractivity contribution in [2.24, 2.45) is 5.92 Å². The predicted molar refractivity (Wildman–Crippen MR) is 87.2 cm³/mol. The third-order valence-electron chi connectivity index (χ3n) is 4.23. The molecule has 1 N–H and O–H groups in total. The molecule has 23 heavy (non-hydrogen) atoms. The molecule has 0 radical (unpaired) electrons. The summed E-state index contributed by atoms with van der Waals surface area (Å²) in [7, 11) is -3.59. The van der Waals surface area contributed by atoms with Gasteiger partial charge in [-0.2, -0.15) is 4.31 Å². The number of sulfonamides is 1. The van der Waals surface area contributed by atoms with Gasteiger partial charge in [-0.1, -0.05) is 6.07 Å². The van der Waals surface area contributed by atoms with E-state index in [1.54, 1.807) is 0 Å². The van der Waals surface area contributed by atoms with E-state index in [0.29, 0.717) is 25.9 Å². The molecule has 7 heteroatoms. The first-order chi connectivity index (χ1) is 11.0. The fraction of sp³-hybridized carbons (Fsp3) is 0.375. The molecule has 2 aromatic rings. The molecule has 0 spiro atoms. The number of piperidine rings is 1. The summed E-state index contributed by atoms with van der Waals surface area (Å²) >= 11 is 1.51. The molecule has 4 nitrogen and oxygen atoms in total. The second kappa shape index (κ2) is 6.68. The Morgan fingerprint density at radius 3 is 2.39 bits per heavy atom. The van der Waals surface area contributed by atoms with Crippen molar-refractivity contribution in [3.8, 4) is 0 Å². The third-order valence-corrected chi connectivity index (χ3v) is 7.09. The zero-order valence-electron chi connectivity index (χ0n) is 12.4. The fourth-order valence-corrected chi connectivity index (χ4v) is 5.15. The van der Waals surface area contributed by atoms with Crippen LogP contribution in [-0.2, 0) is 10.0 Å². The van der Waals surface area contributed by atoms with E-state index in [9.17, 15) is 17.9 Å². The molecule has 1 aliphatic rings. The summed E-state index contributed by atoms with van der Waals surface area (Å²) in [5.74, 6) is -0.393. The number of thiophene rings is 1. The van der Waals surface area contributed by atoms with Gasteiger partial charge in [0.15, 0.2) is 0 Å². The number of aliphatic hydroxyl groups is 1. The van der Waals surface area contributed by atoms with Crippen LogP contribution in [0, 0.1) is 11.7 Å². The molecule has 1 saturated heterocycles. The molecule has 1 aliphatic heterocycles. The van der Waals surface area contributed by atoms with Crippen molar-refractivity contribution in [2.75, 3.05) is 13.1 Å². The van der Waals surface area contributed by atoms with E-state index < -0.39 is 21.9 Å². The van der Waals surface area contributed by atoms with Crippen LogP contribution in [0.15, 0.2) is 46.7 Å². The van der Waals surface area contributed by atoms with E-state index in [-0.39, 0.29) is 10.8 Å². The van der Waals surface area contributed by atoms with Crippen LogP contribution in [0.4, 0.5) is 4.39 Å². The van der Waals surface area contributed by atoms with Crippen LogP contribution < -0.4 is 0 Å². The molecule has 1 atom stereocenters. The van der Waals surface area contributed by atoms with Gasteiger partial charge in [0, 0.05) is 18.0 Å². The van der Waals surface area contributed by atoms with Gasteiger partial charge in [-0.3, -0.25) is 0 Å². The van der Waals surface area contributed by atoms with Crippen molar-refractivity contribution in [1.29, 1.82) is 0 Å². The van der Waals surface area contributed by atoms with Gasteiger partial charge >= 0.3 is 0 Å². The lowest BCUT2D eigenvalue weighted by Crippen LogP contribution is -2.39. The van der Waals surface area contributed by atoms with Gasteiger partial charge in [0.25, 0.3) is 0 Å². The van der Waals surface area contributed by atoms with E-state index in [0.717, 1.165) is 17.0 Å². The molecule has 0 saturated carbocycles. The van der Waals surface area contributed by atoms with Crippen LogP contribution in [0.3, 0.4) is 0 Å². The van der Waals surface area contributed by atoms with E-state index in [4.69, 9.17) is 0 Å². The molecular weight excluding hydrogens is 337 g/mol. The Bertz CT molecular complexity index is 736. The molecule has 0 aliphatic carbocycles. The Hall–Kier alpha value is -1.28. The lowest BCUT2D eigenvalue weighted by atomic mass is 9.91. The number of aliphatic hydroxyl groups excluding tert-OH is 1. The van der Waals surface area contributed by atoms with Crippen LogP contribution in [0.1, 0.15) is 23.8 Å². The van der Waals surface area contributed by atoms with Crippen molar-refractivity contribution >= 4 is 21.4 Å². The standard InChI is InChI=1S/C16H18FNO3S2/c17-13-3-5-14(6-4-13)23(20,21)18-9-7-12(8-10-18)16(19)15-2-1-11-22-15/h1-6,11-12,16,19H,7-10H2. The minimum atomic E-state index is -3.59. The van der Waals surface area contributed by atoms with Crippen LogP contribution >= 0.6 is 11.3 Å². The number of rotatable bonds is 4. The molecule has 2 heterocycles. The van der Waals surface area contributed by atoms with Crippen LogP contribution in [0.25, 0.3) is 0 Å². The molecule has 1 aromatic carbocycles. The summed E-state index contributed by atoms with van der Waals surface area (Å²) < 4.78 is 39.5. The maximum absolute atomic E-state index is 13.0. The van der Waals surface area contributed by atoms with Gasteiger partial charge in [-0.05, 0) is 54.5 Å². The molecule has 1 fully saturated rings. The summed E-state index contributed by atoms with van der Waals surface area (Å²) in [6.07, 6.45) is 0.685. The zero-order valence-corrected chi connectivity index (χ0v) is 14.1. The minimum absolute atomic E-state index is 0.0633. The number of benzene rings is 1. The van der Waals surface area contributed by atoms with Crippen molar-refractivity contribution in [1.82, 2.24) is 4.31 Å². The van der Waals surface area contributed by atoms with Crippen molar-refractivity contribution in [2.45, 2.75) is 23.8 Å². The van der Waals surface area contributed by atoms with E-state index in [1.807, 2.05) is 17.5 Å². The minimum Gasteiger partial charge on any atom is -0.387 e. The third kappa shape index (κ3) is 3.47. The average molecular weight is 355 g/mol. The topological polar surface area (TPSA) is 57.6 Å². The van der Waals surface area contributed by atoms with Crippen LogP contribution in [-0.4, -0.2) is 30.9 Å². The van der Waals surface area contributed by atoms with Crippen molar-refractivity contribution < 1.29 is 17.9 Å². The van der Waals surface area contributed by atoms with Gasteiger partial charge in [-0.15, -0.1) is 11.3 Å². The highest BCUT2D eigenvalue weighted by Gasteiger charge is 2.32. The number of nitrogens with zero attached hydrogens (tertiary/aromatic N) is 1. The summed E-state index contributed by atoms with van der Waals surface area (Å²) in [5, 5.41) is 12.3. The first kappa shape index (κ1) is 16.6. The Morgan fingerprint density at radius 1 is 1.17 bits per heavy atom. The smallest absolute Gasteiger partial charge is 0.243 e. The Balaban J connectivity index is 1.67. The monoisotopic (exact) mass is 355 g/mol. The maximum atomic E-state index is 13.0. The Kier molecular flexibility index (Phi) is 4.82. The largest absolute Gasteiger partial charge is 0.387 e. The molecule has 1 unspecified atom stereocenters. The summed E-state index contributed by atoms with van der Waals surface area (Å²) in [4.78, 5) is 1.03. The molecule has 0 amide bonds. The lowest BCUT2D eigenvalue weighted by Gasteiger charge is -2.33. The number of halogens is 1. The Morgan fingerprint density at radius 2 is 1.83 bits per heavy atom. The first-order valence-corrected chi connectivity index (χ1v) is 9.77. The average Bonchev–Trinajstić information content (AvgIpc) is 3.09. The van der Waals surface area contributed by atoms with Crippen LogP contribution in [0.5, 0.6) is 0 Å². The van der Waals surface area contributed by atoms with Gasteiger partial charge in [0.05, 0.1) is 11.0 Å². The number of hydrogen-bond acceptors (Lipinski definition) is 4. The molecule has 1 aromatic heterocycles. The van der Waals surface area contributed by atoms with E-state index in [2.05, 4.69) is 0 Å². The van der Waals surface area contributed by atoms with E-state index >= 15 is 0 Å². The summed E-state index contributed by atoms with van der Waals surface area (Å²) in [5.41, 5.74) is 0. The maximum Gasteiger partial charge on any atom is 0.243 e. The SMILES string of the molecule is O=S(=O)(c1ccc(F)cc1)N1CCC(C(O)c2cccs2)CC1. The van der Waals surface area contributed by atoms with Gasteiger partial charge in [0.2, 0.25) is 10.0 Å². The Labute approximate surface area is 139 Å². The normalized spacial score (nSPS) is 18.9. The lowest BCUT2D eigenvalue weighted by molar-refractivity contribution is 0.0789. The first-order valence-electron chi connectivity index (χ1n) is 7.45. The highest BCUT2D eigenvalue weighted by atomic mass is 32.2. The predicted octanol–water partition coefficient (Wildman–Crippen LogP) is 3.02. The summed E-state index contributed by atoms with van der Waals surface area (Å²) in [6, 6.07) is 8.68. The summed E-state index contributed by atoms with van der Waals surface area (Å²) in [6.45, 7) is 0.736. The van der Waals surface area contributed by atoms with Crippen molar-refractivity contribution in [3.05, 3.63) is 52.5 Å². The highest BCUT2D eigenvalue weighted by Crippen LogP contribution is 2.34. The number of hydrogen-bond donors (Lipinski definition) is 1. The second-order valence-corrected chi connectivity index (χ2v) is 8.57. The van der Waals surface area contributed by atoms with Gasteiger partial charge in [-0.25, -0.2) is 12.8 Å². The molecule has 124 valence electrons. The van der Waals surface area contributed by atoms with E-state index in [1.165, 1.54) is 27.8 Å². The zero-order chi connectivity index (χ0) is 16.4. The van der Waals surface area contributed by atoms with Crippen LogP contribution in [0.2, 0.25) is 0 Å². The van der Waals surface area contributed by atoms with Gasteiger partial charge in [0.1, 0.15) is 5.82 Å². The fourth-order valence-electron chi connectivity index (χ4n) is 2.88. The van der Waals surface area contributed by atoms with Crippen molar-refractivity contribution in [3.63, 3.8) is 0 Å².